The van der Waals surface area contributed by atoms with Gasteiger partial charge in [0.05, 0.1) is 11.3 Å². The maximum Gasteiger partial charge on any atom is 0.275 e. The molecule has 0 fully saturated rings. The zero-order chi connectivity index (χ0) is 17.1. The molecule has 0 saturated heterocycles. The predicted octanol–water partition coefficient (Wildman–Crippen LogP) is 2.60. The van der Waals surface area contributed by atoms with Crippen LogP contribution in [0.3, 0.4) is 0 Å². The Morgan fingerprint density at radius 1 is 1.00 bits per heavy atom. The second-order valence-corrected chi connectivity index (χ2v) is 6.23. The highest BCUT2D eigenvalue weighted by molar-refractivity contribution is 5.33. The Balaban J connectivity index is 1.43. The highest BCUT2D eigenvalue weighted by Crippen LogP contribution is 2.16. The Morgan fingerprint density at radius 2 is 1.72 bits per heavy atom. The van der Waals surface area contributed by atoms with Crippen LogP contribution >= 0.6 is 0 Å². The van der Waals surface area contributed by atoms with Crippen LogP contribution in [0.15, 0.2) is 65.5 Å². The first-order chi connectivity index (χ1) is 12.3. The van der Waals surface area contributed by atoms with Gasteiger partial charge in [-0.1, -0.05) is 36.4 Å². The van der Waals surface area contributed by atoms with Gasteiger partial charge in [-0.2, -0.15) is 0 Å². The van der Waals surface area contributed by atoms with Gasteiger partial charge in [0.15, 0.2) is 0 Å². The van der Waals surface area contributed by atoms with E-state index in [1.807, 2.05) is 60.7 Å². The third-order valence-electron chi connectivity index (χ3n) is 4.57. The molecule has 0 spiro atoms. The smallest absolute Gasteiger partial charge is 0.275 e. The summed E-state index contributed by atoms with van der Waals surface area (Å²) in [7, 11) is 0. The topological polar surface area (TPSA) is 50.3 Å². The Kier molecular flexibility index (Phi) is 4.39. The molecule has 0 unspecified atom stereocenters. The molecule has 5 nitrogen and oxygen atoms in total. The fraction of sp³-hybridized carbons (Fsp3) is 0.250. The summed E-state index contributed by atoms with van der Waals surface area (Å²) in [4.78, 5) is 15.0. The van der Waals surface area contributed by atoms with Gasteiger partial charge >= 0.3 is 0 Å². The first kappa shape index (κ1) is 15.7. The monoisotopic (exact) mass is 335 g/mol. The summed E-state index contributed by atoms with van der Waals surface area (Å²) >= 11 is 0. The Hall–Kier alpha value is -2.79. The van der Waals surface area contributed by atoms with Gasteiger partial charge in [-0.05, 0) is 24.3 Å². The SMILES string of the molecule is O=c1c2c([nH]n1-c1ccccc1)CCN(CCOc1ccccc1)C2. The molecule has 0 radical (unpaired) electrons. The molecular formula is C20H21N3O2. The lowest BCUT2D eigenvalue weighted by atomic mass is 10.1. The fourth-order valence-corrected chi connectivity index (χ4v) is 3.22. The maximum atomic E-state index is 12.7. The van der Waals surface area contributed by atoms with E-state index in [2.05, 4.69) is 10.00 Å². The van der Waals surface area contributed by atoms with Crippen molar-refractivity contribution in [3.8, 4) is 11.4 Å². The molecule has 1 aliphatic rings. The number of nitrogens with zero attached hydrogens (tertiary/aromatic N) is 2. The second-order valence-electron chi connectivity index (χ2n) is 6.23. The van der Waals surface area contributed by atoms with Crippen molar-refractivity contribution < 1.29 is 4.74 Å². The molecule has 1 N–H and O–H groups in total. The number of rotatable bonds is 5. The fourth-order valence-electron chi connectivity index (χ4n) is 3.22. The Bertz CT molecular complexity index is 884. The minimum absolute atomic E-state index is 0.0508. The minimum atomic E-state index is 0.0508. The van der Waals surface area contributed by atoms with Crippen molar-refractivity contribution >= 4 is 0 Å². The van der Waals surface area contributed by atoms with Crippen LogP contribution in [0.1, 0.15) is 11.3 Å². The molecule has 25 heavy (non-hydrogen) atoms. The van der Waals surface area contributed by atoms with Gasteiger partial charge in [-0.15, -0.1) is 0 Å². The molecule has 1 aliphatic heterocycles. The quantitative estimate of drug-likeness (QED) is 0.780. The third-order valence-corrected chi connectivity index (χ3v) is 4.57. The van der Waals surface area contributed by atoms with Gasteiger partial charge in [0.1, 0.15) is 12.4 Å². The highest BCUT2D eigenvalue weighted by atomic mass is 16.5. The van der Waals surface area contributed by atoms with E-state index >= 15 is 0 Å². The molecule has 4 rings (SSSR count). The Labute approximate surface area is 146 Å². The summed E-state index contributed by atoms with van der Waals surface area (Å²) < 4.78 is 7.42. The van der Waals surface area contributed by atoms with Crippen LogP contribution in [0.2, 0.25) is 0 Å². The van der Waals surface area contributed by atoms with E-state index in [0.29, 0.717) is 13.2 Å². The number of ether oxygens (including phenoxy) is 1. The molecule has 0 atom stereocenters. The van der Waals surface area contributed by atoms with Crippen molar-refractivity contribution in [2.75, 3.05) is 19.7 Å². The molecule has 2 heterocycles. The molecule has 0 bridgehead atoms. The van der Waals surface area contributed by atoms with Crippen molar-refractivity contribution in [1.29, 1.82) is 0 Å². The zero-order valence-corrected chi connectivity index (χ0v) is 14.0. The maximum absolute atomic E-state index is 12.7. The molecule has 2 aromatic carbocycles. The molecular weight excluding hydrogens is 314 g/mol. The number of nitrogens with one attached hydrogen (secondary N) is 1. The zero-order valence-electron chi connectivity index (χ0n) is 14.0. The lowest BCUT2D eigenvalue weighted by Crippen LogP contribution is -2.35. The predicted molar refractivity (Wildman–Crippen MR) is 97.3 cm³/mol. The van der Waals surface area contributed by atoms with Gasteiger partial charge in [-0.25, -0.2) is 4.68 Å². The number of H-pyrrole nitrogens is 1. The average molecular weight is 335 g/mol. The molecule has 128 valence electrons. The van der Waals surface area contributed by atoms with Gasteiger partial charge < -0.3 is 4.74 Å². The van der Waals surface area contributed by atoms with Gasteiger partial charge in [0.25, 0.3) is 5.56 Å². The average Bonchev–Trinajstić information content (AvgIpc) is 3.00. The summed E-state index contributed by atoms with van der Waals surface area (Å²) in [6.45, 7) is 3.03. The van der Waals surface area contributed by atoms with E-state index in [4.69, 9.17) is 4.74 Å². The van der Waals surface area contributed by atoms with Crippen molar-refractivity contribution in [2.24, 2.45) is 0 Å². The summed E-state index contributed by atoms with van der Waals surface area (Å²) in [6.07, 6.45) is 0.857. The van der Waals surface area contributed by atoms with Crippen LogP contribution in [0.4, 0.5) is 0 Å². The van der Waals surface area contributed by atoms with E-state index < -0.39 is 0 Å². The van der Waals surface area contributed by atoms with Gasteiger partial charge in [-0.3, -0.25) is 14.8 Å². The minimum Gasteiger partial charge on any atom is -0.492 e. The van der Waals surface area contributed by atoms with Crippen LogP contribution in [0, 0.1) is 0 Å². The lowest BCUT2D eigenvalue weighted by molar-refractivity contribution is 0.195. The molecule has 5 heteroatoms. The van der Waals surface area contributed by atoms with Crippen molar-refractivity contribution in [3.05, 3.63) is 82.3 Å². The molecule has 0 amide bonds. The van der Waals surface area contributed by atoms with Crippen LogP contribution in [0.5, 0.6) is 5.75 Å². The van der Waals surface area contributed by atoms with Crippen molar-refractivity contribution in [1.82, 2.24) is 14.7 Å². The standard InChI is InChI=1S/C20H21N3O2/c24-20-18-15-22(13-14-25-17-9-5-2-6-10-17)12-11-19(18)21-23(20)16-7-3-1-4-8-16/h1-10,21H,11-15H2. The number of aromatic nitrogens is 2. The molecule has 1 aromatic heterocycles. The number of aromatic amines is 1. The summed E-state index contributed by atoms with van der Waals surface area (Å²) in [6, 6.07) is 19.5. The summed E-state index contributed by atoms with van der Waals surface area (Å²) in [5, 5.41) is 3.27. The number of hydrogen-bond donors (Lipinski definition) is 1. The van der Waals surface area contributed by atoms with Crippen LogP contribution in [-0.2, 0) is 13.0 Å². The van der Waals surface area contributed by atoms with Gasteiger partial charge in [0, 0.05) is 31.7 Å². The van der Waals surface area contributed by atoms with E-state index in [-0.39, 0.29) is 5.56 Å². The van der Waals surface area contributed by atoms with Crippen molar-refractivity contribution in [3.63, 3.8) is 0 Å². The molecule has 3 aromatic rings. The van der Waals surface area contributed by atoms with Crippen molar-refractivity contribution in [2.45, 2.75) is 13.0 Å². The highest BCUT2D eigenvalue weighted by Gasteiger charge is 2.22. The number of para-hydroxylation sites is 2. The first-order valence-electron chi connectivity index (χ1n) is 8.59. The van der Waals surface area contributed by atoms with Crippen LogP contribution in [0.25, 0.3) is 5.69 Å². The number of benzene rings is 2. The van der Waals surface area contributed by atoms with E-state index in [1.54, 1.807) is 4.68 Å². The van der Waals surface area contributed by atoms with E-state index in [1.165, 1.54) is 0 Å². The third kappa shape index (κ3) is 3.37. The number of fused-ring (bicyclic) bond motifs is 1. The van der Waals surface area contributed by atoms with E-state index in [0.717, 1.165) is 42.2 Å². The molecule has 0 aliphatic carbocycles. The first-order valence-corrected chi connectivity index (χ1v) is 8.59. The van der Waals surface area contributed by atoms with E-state index in [9.17, 15) is 4.79 Å². The van der Waals surface area contributed by atoms with Gasteiger partial charge in [0.2, 0.25) is 0 Å². The molecule has 0 saturated carbocycles. The number of hydrogen-bond acceptors (Lipinski definition) is 3. The second kappa shape index (κ2) is 6.99. The summed E-state index contributed by atoms with van der Waals surface area (Å²) in [5.41, 5.74) is 2.85. The lowest BCUT2D eigenvalue weighted by Gasteiger charge is -2.25. The van der Waals surface area contributed by atoms with Crippen LogP contribution < -0.4 is 10.3 Å². The normalized spacial score (nSPS) is 14.2. The van der Waals surface area contributed by atoms with Crippen LogP contribution in [-0.4, -0.2) is 34.4 Å². The Morgan fingerprint density at radius 3 is 2.48 bits per heavy atom. The largest absolute Gasteiger partial charge is 0.492 e. The summed E-state index contributed by atoms with van der Waals surface area (Å²) in [5.74, 6) is 0.883.